The van der Waals surface area contributed by atoms with Crippen LogP contribution in [-0.2, 0) is 4.79 Å². The number of H-pyrrole nitrogens is 1. The average molecular weight is 256 g/mol. The van der Waals surface area contributed by atoms with Gasteiger partial charge in [0.05, 0.1) is 11.9 Å². The summed E-state index contributed by atoms with van der Waals surface area (Å²) in [6.45, 7) is 1.60. The number of carbonyl (C=O) groups is 1. The third-order valence-electron chi connectivity index (χ3n) is 3.15. The number of hydrogen-bond acceptors (Lipinski definition) is 3. The lowest BCUT2D eigenvalue weighted by Crippen LogP contribution is -2.08. The lowest BCUT2D eigenvalue weighted by Gasteiger charge is -2.00. The molecule has 0 aliphatic carbocycles. The number of carboxylic acids is 1. The zero-order chi connectivity index (χ0) is 13.4. The van der Waals surface area contributed by atoms with Gasteiger partial charge in [0.2, 0.25) is 0 Å². The second-order valence-electron chi connectivity index (χ2n) is 4.39. The highest BCUT2D eigenvalue weighted by Gasteiger charge is 2.18. The quantitative estimate of drug-likeness (QED) is 0.755. The number of hydrogen-bond donors (Lipinski definition) is 2. The Hall–Kier alpha value is -2.56. The van der Waals surface area contributed by atoms with Gasteiger partial charge in [-0.25, -0.2) is 4.98 Å². The van der Waals surface area contributed by atoms with Gasteiger partial charge in [-0.1, -0.05) is 18.2 Å². The van der Waals surface area contributed by atoms with Crippen molar-refractivity contribution in [1.82, 2.24) is 9.97 Å². The van der Waals surface area contributed by atoms with E-state index in [9.17, 15) is 4.79 Å². The summed E-state index contributed by atoms with van der Waals surface area (Å²) in [6, 6.07) is 7.67. The number of rotatable bonds is 3. The van der Waals surface area contributed by atoms with Gasteiger partial charge < -0.3 is 14.5 Å². The molecule has 1 aromatic carbocycles. The topological polar surface area (TPSA) is 79.1 Å². The van der Waals surface area contributed by atoms with Gasteiger partial charge in [-0.2, -0.15) is 0 Å². The minimum Gasteiger partial charge on any atom is -0.481 e. The molecule has 0 aliphatic rings. The van der Waals surface area contributed by atoms with Gasteiger partial charge in [0.25, 0.3) is 0 Å². The molecule has 0 saturated carbocycles. The number of fused-ring (bicyclic) bond motifs is 1. The molecule has 2 heterocycles. The number of aromatic amines is 1. The molecule has 19 heavy (non-hydrogen) atoms. The van der Waals surface area contributed by atoms with Crippen LogP contribution in [0.25, 0.3) is 22.2 Å². The van der Waals surface area contributed by atoms with Gasteiger partial charge in [0.1, 0.15) is 23.6 Å². The number of nitrogens with zero attached hydrogens (tertiary/aromatic N) is 1. The van der Waals surface area contributed by atoms with Crippen LogP contribution in [0.1, 0.15) is 18.7 Å². The SMILES string of the molecule is CC(C(=O)O)c1ncc(-c2coc3ccccc23)[nH]1. The van der Waals surface area contributed by atoms with Gasteiger partial charge in [-0.3, -0.25) is 4.79 Å². The molecule has 0 saturated heterocycles. The van der Waals surface area contributed by atoms with Crippen molar-refractivity contribution in [3.05, 3.63) is 42.5 Å². The van der Waals surface area contributed by atoms with Crippen LogP contribution >= 0.6 is 0 Å². The van der Waals surface area contributed by atoms with Crippen molar-refractivity contribution >= 4 is 16.9 Å². The van der Waals surface area contributed by atoms with Crippen LogP contribution in [0.15, 0.2) is 41.1 Å². The summed E-state index contributed by atoms with van der Waals surface area (Å²) in [5.41, 5.74) is 2.43. The van der Waals surface area contributed by atoms with Crippen molar-refractivity contribution in [2.24, 2.45) is 0 Å². The summed E-state index contributed by atoms with van der Waals surface area (Å²) in [7, 11) is 0. The molecule has 0 amide bonds. The van der Waals surface area contributed by atoms with E-state index in [2.05, 4.69) is 9.97 Å². The fourth-order valence-electron chi connectivity index (χ4n) is 2.00. The third-order valence-corrected chi connectivity index (χ3v) is 3.15. The molecule has 3 rings (SSSR count). The van der Waals surface area contributed by atoms with E-state index >= 15 is 0 Å². The lowest BCUT2D eigenvalue weighted by atomic mass is 10.1. The number of nitrogens with one attached hydrogen (secondary N) is 1. The van der Waals surface area contributed by atoms with Crippen molar-refractivity contribution in [2.45, 2.75) is 12.8 Å². The summed E-state index contributed by atoms with van der Waals surface area (Å²) in [5.74, 6) is -1.13. The molecular weight excluding hydrogens is 244 g/mol. The predicted molar refractivity (Wildman–Crippen MR) is 69.8 cm³/mol. The molecule has 5 nitrogen and oxygen atoms in total. The Balaban J connectivity index is 2.05. The van der Waals surface area contributed by atoms with Crippen LogP contribution in [0.2, 0.25) is 0 Å². The predicted octanol–water partition coefficient (Wildman–Crippen LogP) is 3.01. The standard InChI is InChI=1S/C14H12N2O3/c1-8(14(17)18)13-15-6-11(16-13)10-7-19-12-5-3-2-4-9(10)12/h2-8H,1H3,(H,15,16)(H,17,18). The summed E-state index contributed by atoms with van der Waals surface area (Å²) in [6.07, 6.45) is 3.28. The highest BCUT2D eigenvalue weighted by atomic mass is 16.4. The number of carboxylic acid groups (broad SMARTS) is 1. The van der Waals surface area contributed by atoms with Crippen molar-refractivity contribution in [3.63, 3.8) is 0 Å². The molecule has 2 N–H and O–H groups in total. The maximum absolute atomic E-state index is 10.9. The molecule has 1 unspecified atom stereocenters. The number of aliphatic carboxylic acids is 1. The summed E-state index contributed by atoms with van der Waals surface area (Å²) >= 11 is 0. The maximum Gasteiger partial charge on any atom is 0.313 e. The first-order valence-corrected chi connectivity index (χ1v) is 5.91. The van der Waals surface area contributed by atoms with Gasteiger partial charge in [0, 0.05) is 10.9 Å². The molecular formula is C14H12N2O3. The van der Waals surface area contributed by atoms with Crippen LogP contribution in [-0.4, -0.2) is 21.0 Å². The van der Waals surface area contributed by atoms with E-state index in [4.69, 9.17) is 9.52 Å². The molecule has 3 aromatic rings. The van der Waals surface area contributed by atoms with Crippen LogP contribution in [0.5, 0.6) is 0 Å². The Morgan fingerprint density at radius 1 is 1.42 bits per heavy atom. The van der Waals surface area contributed by atoms with Crippen molar-refractivity contribution < 1.29 is 14.3 Å². The maximum atomic E-state index is 10.9. The molecule has 0 radical (unpaired) electrons. The first-order chi connectivity index (χ1) is 9.16. The van der Waals surface area contributed by atoms with Crippen LogP contribution in [0.4, 0.5) is 0 Å². The van der Waals surface area contributed by atoms with E-state index in [1.165, 1.54) is 0 Å². The summed E-state index contributed by atoms with van der Waals surface area (Å²) < 4.78 is 5.46. The second-order valence-corrected chi connectivity index (χ2v) is 4.39. The number of furan rings is 1. The zero-order valence-corrected chi connectivity index (χ0v) is 10.3. The molecule has 2 aromatic heterocycles. The van der Waals surface area contributed by atoms with E-state index in [1.54, 1.807) is 19.4 Å². The fraction of sp³-hybridized carbons (Fsp3) is 0.143. The number of benzene rings is 1. The normalized spacial score (nSPS) is 12.7. The minimum atomic E-state index is -0.905. The number of aromatic nitrogens is 2. The summed E-state index contributed by atoms with van der Waals surface area (Å²) in [4.78, 5) is 18.1. The van der Waals surface area contributed by atoms with Crippen molar-refractivity contribution in [3.8, 4) is 11.3 Å². The van der Waals surface area contributed by atoms with Crippen molar-refractivity contribution in [1.29, 1.82) is 0 Å². The van der Waals surface area contributed by atoms with Crippen LogP contribution in [0, 0.1) is 0 Å². The zero-order valence-electron chi connectivity index (χ0n) is 10.3. The van der Waals surface area contributed by atoms with Crippen LogP contribution in [0.3, 0.4) is 0 Å². The van der Waals surface area contributed by atoms with Gasteiger partial charge >= 0.3 is 5.97 Å². The molecule has 0 bridgehead atoms. The monoisotopic (exact) mass is 256 g/mol. The molecule has 0 fully saturated rings. The first kappa shape index (κ1) is 11.5. The fourth-order valence-corrected chi connectivity index (χ4v) is 2.00. The minimum absolute atomic E-state index is 0.438. The number of para-hydroxylation sites is 1. The highest BCUT2D eigenvalue weighted by molar-refractivity contribution is 5.92. The highest BCUT2D eigenvalue weighted by Crippen LogP contribution is 2.29. The molecule has 0 aliphatic heterocycles. The molecule has 1 atom stereocenters. The third kappa shape index (κ3) is 1.89. The second kappa shape index (κ2) is 4.28. The molecule has 96 valence electrons. The van der Waals surface area contributed by atoms with E-state index in [-0.39, 0.29) is 0 Å². The summed E-state index contributed by atoms with van der Waals surface area (Å²) in [5, 5.41) is 9.94. The Bertz CT molecular complexity index is 742. The first-order valence-electron chi connectivity index (χ1n) is 5.91. The van der Waals surface area contributed by atoms with E-state index < -0.39 is 11.9 Å². The van der Waals surface area contributed by atoms with E-state index in [0.29, 0.717) is 5.82 Å². The van der Waals surface area contributed by atoms with Gasteiger partial charge in [0.15, 0.2) is 0 Å². The van der Waals surface area contributed by atoms with Crippen molar-refractivity contribution in [2.75, 3.05) is 0 Å². The smallest absolute Gasteiger partial charge is 0.313 e. The van der Waals surface area contributed by atoms with E-state index in [1.807, 2.05) is 24.3 Å². The Morgan fingerprint density at radius 3 is 3.00 bits per heavy atom. The Kier molecular flexibility index (Phi) is 2.59. The molecule has 0 spiro atoms. The van der Waals surface area contributed by atoms with E-state index in [0.717, 1.165) is 22.2 Å². The average Bonchev–Trinajstić information content (AvgIpc) is 3.03. The Labute approximate surface area is 108 Å². The number of imidazole rings is 1. The van der Waals surface area contributed by atoms with Gasteiger partial charge in [-0.05, 0) is 13.0 Å². The lowest BCUT2D eigenvalue weighted by molar-refractivity contribution is -0.138. The largest absolute Gasteiger partial charge is 0.481 e. The Morgan fingerprint density at radius 2 is 2.21 bits per heavy atom. The molecule has 5 heteroatoms. The van der Waals surface area contributed by atoms with Gasteiger partial charge in [-0.15, -0.1) is 0 Å². The van der Waals surface area contributed by atoms with Crippen LogP contribution < -0.4 is 0 Å².